The van der Waals surface area contributed by atoms with Crippen molar-refractivity contribution in [2.45, 2.75) is 122 Å². The Bertz CT molecular complexity index is 363. The molecule has 0 bridgehead atoms. The first-order chi connectivity index (χ1) is 15.2. The van der Waals surface area contributed by atoms with Gasteiger partial charge in [0.1, 0.15) is 0 Å². The van der Waals surface area contributed by atoms with Gasteiger partial charge in [-0.15, -0.1) is 0 Å². The van der Waals surface area contributed by atoms with Gasteiger partial charge < -0.3 is 19.7 Å². The van der Waals surface area contributed by atoms with Gasteiger partial charge in [0.05, 0.1) is 13.2 Å². The van der Waals surface area contributed by atoms with Crippen LogP contribution in [0.2, 0.25) is 0 Å². The number of esters is 2. The van der Waals surface area contributed by atoms with Crippen molar-refractivity contribution in [1.29, 1.82) is 0 Å². The molecule has 0 heterocycles. The van der Waals surface area contributed by atoms with Gasteiger partial charge in [-0.2, -0.15) is 0 Å². The second kappa shape index (κ2) is 25.1. The molecule has 0 aromatic carbocycles. The van der Waals surface area contributed by atoms with Crippen molar-refractivity contribution < 1.29 is 29.3 Å². The number of rotatable bonds is 24. The van der Waals surface area contributed by atoms with Crippen LogP contribution in [0.25, 0.3) is 0 Å². The number of aliphatic hydroxyl groups excluding tert-OH is 2. The van der Waals surface area contributed by atoms with E-state index >= 15 is 0 Å². The highest BCUT2D eigenvalue weighted by atomic mass is 16.5. The number of hydrogen-bond donors (Lipinski definition) is 2. The molecule has 6 heteroatoms. The van der Waals surface area contributed by atoms with Crippen LogP contribution in [0.5, 0.6) is 0 Å². The summed E-state index contributed by atoms with van der Waals surface area (Å²) in [5.74, 6) is -0.181. The zero-order valence-electron chi connectivity index (χ0n) is 19.8. The Morgan fingerprint density at radius 1 is 0.419 bits per heavy atom. The molecule has 6 nitrogen and oxygen atoms in total. The minimum absolute atomic E-state index is 0.0903. The van der Waals surface area contributed by atoms with Crippen LogP contribution >= 0.6 is 0 Å². The lowest BCUT2D eigenvalue weighted by atomic mass is 10.1. The normalized spacial score (nSPS) is 10.9. The molecule has 0 unspecified atom stereocenters. The van der Waals surface area contributed by atoms with E-state index in [1.54, 1.807) is 0 Å². The average Bonchev–Trinajstić information content (AvgIpc) is 2.76. The summed E-state index contributed by atoms with van der Waals surface area (Å²) in [6.07, 6.45) is 18.2. The Balaban J connectivity index is 3.24. The van der Waals surface area contributed by atoms with Gasteiger partial charge in [0.2, 0.25) is 0 Å². The molecule has 31 heavy (non-hydrogen) atoms. The third-order valence-corrected chi connectivity index (χ3v) is 5.39. The Kier molecular flexibility index (Phi) is 24.2. The zero-order valence-corrected chi connectivity index (χ0v) is 19.8. The number of ether oxygens (including phenoxy) is 2. The lowest BCUT2D eigenvalue weighted by Gasteiger charge is -2.06. The molecule has 184 valence electrons. The first-order valence-electron chi connectivity index (χ1n) is 12.7. The van der Waals surface area contributed by atoms with E-state index in [9.17, 15) is 9.59 Å². The van der Waals surface area contributed by atoms with Crippen molar-refractivity contribution in [3.8, 4) is 0 Å². The van der Waals surface area contributed by atoms with Gasteiger partial charge in [-0.05, 0) is 38.5 Å². The van der Waals surface area contributed by atoms with Crippen LogP contribution in [0.1, 0.15) is 122 Å². The van der Waals surface area contributed by atoms with Crippen molar-refractivity contribution in [2.24, 2.45) is 0 Å². The Hall–Kier alpha value is -1.14. The molecule has 0 atom stereocenters. The Morgan fingerprint density at radius 2 is 0.710 bits per heavy atom. The second-order valence-corrected chi connectivity index (χ2v) is 8.40. The predicted octanol–water partition coefficient (Wildman–Crippen LogP) is 5.47. The molecule has 0 rings (SSSR count). The van der Waals surface area contributed by atoms with Crippen molar-refractivity contribution >= 4 is 11.9 Å². The van der Waals surface area contributed by atoms with Gasteiger partial charge >= 0.3 is 11.9 Å². The lowest BCUT2D eigenvalue weighted by Crippen LogP contribution is -2.06. The van der Waals surface area contributed by atoms with Crippen molar-refractivity contribution in [3.05, 3.63) is 0 Å². The molecule has 0 aliphatic rings. The summed E-state index contributed by atoms with van der Waals surface area (Å²) in [5.41, 5.74) is 0. The maximum absolute atomic E-state index is 11.7. The van der Waals surface area contributed by atoms with Gasteiger partial charge in [-0.1, -0.05) is 70.6 Å². The summed E-state index contributed by atoms with van der Waals surface area (Å²) >= 11 is 0. The number of carbonyl (C=O) groups excluding carboxylic acids is 2. The highest BCUT2D eigenvalue weighted by Crippen LogP contribution is 2.10. The van der Waals surface area contributed by atoms with Gasteiger partial charge in [0, 0.05) is 26.1 Å². The fourth-order valence-electron chi connectivity index (χ4n) is 3.43. The predicted molar refractivity (Wildman–Crippen MR) is 124 cm³/mol. The third-order valence-electron chi connectivity index (χ3n) is 5.39. The first kappa shape index (κ1) is 29.9. The molecule has 0 amide bonds. The van der Waals surface area contributed by atoms with Gasteiger partial charge in [-0.25, -0.2) is 0 Å². The zero-order chi connectivity index (χ0) is 22.8. The van der Waals surface area contributed by atoms with E-state index in [1.807, 2.05) is 0 Å². The van der Waals surface area contributed by atoms with Crippen molar-refractivity contribution in [1.82, 2.24) is 0 Å². The van der Waals surface area contributed by atoms with E-state index < -0.39 is 0 Å². The highest BCUT2D eigenvalue weighted by Gasteiger charge is 2.04. The molecule has 0 radical (unpaired) electrons. The topological polar surface area (TPSA) is 93.1 Å². The summed E-state index contributed by atoms with van der Waals surface area (Å²) in [4.78, 5) is 23.3. The minimum atomic E-state index is -0.0903. The van der Waals surface area contributed by atoms with Gasteiger partial charge in [0.15, 0.2) is 0 Å². The van der Waals surface area contributed by atoms with E-state index in [0.717, 1.165) is 109 Å². The first-order valence-corrected chi connectivity index (χ1v) is 12.7. The fraction of sp³-hybridized carbons (Fsp3) is 0.920. The van der Waals surface area contributed by atoms with E-state index in [0.29, 0.717) is 26.1 Å². The molecule has 2 N–H and O–H groups in total. The van der Waals surface area contributed by atoms with Crippen LogP contribution in [-0.4, -0.2) is 48.6 Å². The summed E-state index contributed by atoms with van der Waals surface area (Å²) in [6.45, 7) is 1.55. The molecule has 0 fully saturated rings. The summed E-state index contributed by atoms with van der Waals surface area (Å²) in [5, 5.41) is 17.4. The van der Waals surface area contributed by atoms with E-state index in [2.05, 4.69) is 0 Å². The largest absolute Gasteiger partial charge is 0.466 e. The van der Waals surface area contributed by atoms with E-state index in [1.165, 1.54) is 0 Å². The summed E-state index contributed by atoms with van der Waals surface area (Å²) in [7, 11) is 0. The molecule has 0 aromatic rings. The summed E-state index contributed by atoms with van der Waals surface area (Å²) in [6, 6.07) is 0. The van der Waals surface area contributed by atoms with Crippen LogP contribution in [0.4, 0.5) is 0 Å². The highest BCUT2D eigenvalue weighted by molar-refractivity contribution is 5.69. The standard InChI is InChI=1S/C25H48O6/c26-20-14-8-3-1-6-12-18-24(28)30-22-16-10-5-11-17-23-31-25(29)19-13-7-2-4-9-15-21-27/h26-27H,1-23H2. The second-order valence-electron chi connectivity index (χ2n) is 8.40. The van der Waals surface area contributed by atoms with Gasteiger partial charge in [-0.3, -0.25) is 9.59 Å². The monoisotopic (exact) mass is 444 g/mol. The average molecular weight is 445 g/mol. The van der Waals surface area contributed by atoms with Crippen molar-refractivity contribution in [2.75, 3.05) is 26.4 Å². The number of hydrogen-bond acceptors (Lipinski definition) is 6. The van der Waals surface area contributed by atoms with Crippen LogP contribution in [0.3, 0.4) is 0 Å². The van der Waals surface area contributed by atoms with Crippen LogP contribution in [0, 0.1) is 0 Å². The SMILES string of the molecule is O=C(CCCCCCCCO)OCCCCCCCOC(=O)CCCCCCCCO. The lowest BCUT2D eigenvalue weighted by molar-refractivity contribution is -0.144. The molecule has 0 saturated heterocycles. The van der Waals surface area contributed by atoms with Crippen LogP contribution in [-0.2, 0) is 19.1 Å². The maximum Gasteiger partial charge on any atom is 0.305 e. The molecular formula is C25H48O6. The molecule has 0 aromatic heterocycles. The van der Waals surface area contributed by atoms with E-state index in [4.69, 9.17) is 19.7 Å². The quantitative estimate of drug-likeness (QED) is 0.151. The Labute approximate surface area is 190 Å². The van der Waals surface area contributed by atoms with Crippen LogP contribution < -0.4 is 0 Å². The number of carbonyl (C=O) groups is 2. The molecule has 0 saturated carbocycles. The third kappa shape index (κ3) is 25.0. The maximum atomic E-state index is 11.7. The summed E-state index contributed by atoms with van der Waals surface area (Å²) < 4.78 is 10.5. The Morgan fingerprint density at radius 3 is 1.06 bits per heavy atom. The van der Waals surface area contributed by atoms with Crippen LogP contribution in [0.15, 0.2) is 0 Å². The minimum Gasteiger partial charge on any atom is -0.466 e. The fourth-order valence-corrected chi connectivity index (χ4v) is 3.43. The molecular weight excluding hydrogens is 396 g/mol. The molecule has 0 aliphatic carbocycles. The van der Waals surface area contributed by atoms with Crippen molar-refractivity contribution in [3.63, 3.8) is 0 Å². The molecule has 0 spiro atoms. The number of aliphatic hydroxyl groups is 2. The molecule has 0 aliphatic heterocycles. The number of unbranched alkanes of at least 4 members (excludes halogenated alkanes) is 14. The smallest absolute Gasteiger partial charge is 0.305 e. The van der Waals surface area contributed by atoms with Gasteiger partial charge in [0.25, 0.3) is 0 Å². The van der Waals surface area contributed by atoms with E-state index in [-0.39, 0.29) is 25.2 Å².